The molecular weight excluding hydrogens is 236 g/mol. The van der Waals surface area contributed by atoms with Crippen LogP contribution in [0.5, 0.6) is 0 Å². The van der Waals surface area contributed by atoms with Crippen LogP contribution in [0.2, 0.25) is 5.15 Å². The third kappa shape index (κ3) is 2.71. The number of nitrogens with two attached hydrogens (primary N) is 1. The molecular formula is C12H13ClN4. The van der Waals surface area contributed by atoms with E-state index in [1.165, 1.54) is 6.20 Å². The molecule has 4 nitrogen and oxygen atoms in total. The van der Waals surface area contributed by atoms with Gasteiger partial charge in [0, 0.05) is 11.4 Å². The standard InChI is InChI=1S/C12H13ClN4/c1-7(2)9-3-8(14)4-10(16-9)11-5-15-6-12(13)17-11/h3-7H,1-2H3,(H2,14,16). The average molecular weight is 249 g/mol. The Kier molecular flexibility index (Phi) is 3.24. The largest absolute Gasteiger partial charge is 0.399 e. The van der Waals surface area contributed by atoms with E-state index in [1.807, 2.05) is 6.07 Å². The Morgan fingerprint density at radius 1 is 1.12 bits per heavy atom. The molecule has 0 atom stereocenters. The summed E-state index contributed by atoms with van der Waals surface area (Å²) in [5, 5.41) is 0.345. The number of rotatable bonds is 2. The molecule has 88 valence electrons. The minimum atomic E-state index is 0.310. The normalized spacial score (nSPS) is 10.8. The van der Waals surface area contributed by atoms with E-state index >= 15 is 0 Å². The summed E-state index contributed by atoms with van der Waals surface area (Å²) in [6.07, 6.45) is 3.11. The van der Waals surface area contributed by atoms with Gasteiger partial charge in [0.25, 0.3) is 0 Å². The third-order valence-electron chi connectivity index (χ3n) is 2.33. The van der Waals surface area contributed by atoms with Crippen molar-refractivity contribution in [1.29, 1.82) is 0 Å². The summed E-state index contributed by atoms with van der Waals surface area (Å²) in [6, 6.07) is 3.64. The maximum Gasteiger partial charge on any atom is 0.148 e. The zero-order chi connectivity index (χ0) is 12.4. The maximum absolute atomic E-state index is 5.85. The van der Waals surface area contributed by atoms with E-state index in [0.29, 0.717) is 28.1 Å². The van der Waals surface area contributed by atoms with Crippen LogP contribution >= 0.6 is 11.6 Å². The van der Waals surface area contributed by atoms with Gasteiger partial charge < -0.3 is 5.73 Å². The van der Waals surface area contributed by atoms with Crippen molar-refractivity contribution >= 4 is 17.3 Å². The Labute approximate surface area is 105 Å². The molecule has 0 amide bonds. The lowest BCUT2D eigenvalue weighted by Crippen LogP contribution is -1.99. The van der Waals surface area contributed by atoms with E-state index in [4.69, 9.17) is 17.3 Å². The summed E-state index contributed by atoms with van der Waals surface area (Å²) in [5.41, 5.74) is 8.78. The first-order valence-corrected chi connectivity index (χ1v) is 5.69. The fourth-order valence-electron chi connectivity index (χ4n) is 1.47. The second kappa shape index (κ2) is 4.67. The van der Waals surface area contributed by atoms with Crippen LogP contribution in [0.4, 0.5) is 5.69 Å². The molecule has 2 aromatic heterocycles. The van der Waals surface area contributed by atoms with Crippen LogP contribution in [0, 0.1) is 0 Å². The lowest BCUT2D eigenvalue weighted by atomic mass is 10.1. The fourth-order valence-corrected chi connectivity index (χ4v) is 1.61. The van der Waals surface area contributed by atoms with E-state index in [-0.39, 0.29) is 0 Å². The number of hydrogen-bond acceptors (Lipinski definition) is 4. The topological polar surface area (TPSA) is 64.7 Å². The molecule has 2 N–H and O–H groups in total. The van der Waals surface area contributed by atoms with E-state index in [2.05, 4.69) is 28.8 Å². The highest BCUT2D eigenvalue weighted by Gasteiger charge is 2.08. The Balaban J connectivity index is 2.52. The zero-order valence-corrected chi connectivity index (χ0v) is 10.4. The second-order valence-corrected chi connectivity index (χ2v) is 4.48. The molecule has 0 spiro atoms. The van der Waals surface area contributed by atoms with Gasteiger partial charge in [-0.2, -0.15) is 0 Å². The van der Waals surface area contributed by atoms with Crippen LogP contribution < -0.4 is 5.73 Å². The molecule has 0 radical (unpaired) electrons. The van der Waals surface area contributed by atoms with Gasteiger partial charge in [-0.15, -0.1) is 0 Å². The number of anilines is 1. The number of halogens is 1. The Bertz CT molecular complexity index is 540. The summed E-state index contributed by atoms with van der Waals surface area (Å²) in [5.74, 6) is 0.310. The van der Waals surface area contributed by atoms with Crippen LogP contribution in [0.1, 0.15) is 25.5 Å². The Hall–Kier alpha value is -1.68. The van der Waals surface area contributed by atoms with Crippen molar-refractivity contribution in [1.82, 2.24) is 15.0 Å². The summed E-state index contributed by atoms with van der Waals surface area (Å²) in [6.45, 7) is 4.13. The van der Waals surface area contributed by atoms with Crippen LogP contribution in [0.3, 0.4) is 0 Å². The predicted molar refractivity (Wildman–Crippen MR) is 68.8 cm³/mol. The SMILES string of the molecule is CC(C)c1cc(N)cc(-c2cncc(Cl)n2)n1. The first kappa shape index (κ1) is 11.8. The number of hydrogen-bond donors (Lipinski definition) is 1. The minimum absolute atomic E-state index is 0.310. The summed E-state index contributed by atoms with van der Waals surface area (Å²) in [7, 11) is 0. The second-order valence-electron chi connectivity index (χ2n) is 4.09. The number of aromatic nitrogens is 3. The Morgan fingerprint density at radius 3 is 2.53 bits per heavy atom. The maximum atomic E-state index is 5.85. The van der Waals surface area contributed by atoms with Gasteiger partial charge in [0.15, 0.2) is 0 Å². The van der Waals surface area contributed by atoms with Gasteiger partial charge in [-0.1, -0.05) is 25.4 Å². The van der Waals surface area contributed by atoms with Crippen LogP contribution in [0.25, 0.3) is 11.4 Å². The van der Waals surface area contributed by atoms with Crippen LogP contribution in [0.15, 0.2) is 24.5 Å². The molecule has 5 heteroatoms. The van der Waals surface area contributed by atoms with Gasteiger partial charge in [0.05, 0.1) is 18.1 Å². The summed E-state index contributed by atoms with van der Waals surface area (Å²) in [4.78, 5) is 12.7. The lowest BCUT2D eigenvalue weighted by Gasteiger charge is -2.08. The molecule has 0 fully saturated rings. The van der Waals surface area contributed by atoms with Gasteiger partial charge in [-0.05, 0) is 18.1 Å². The minimum Gasteiger partial charge on any atom is -0.399 e. The zero-order valence-electron chi connectivity index (χ0n) is 9.68. The van der Waals surface area contributed by atoms with E-state index in [1.54, 1.807) is 12.3 Å². The van der Waals surface area contributed by atoms with Crippen LogP contribution in [-0.2, 0) is 0 Å². The van der Waals surface area contributed by atoms with Crippen molar-refractivity contribution < 1.29 is 0 Å². The molecule has 17 heavy (non-hydrogen) atoms. The highest BCUT2D eigenvalue weighted by atomic mass is 35.5. The van der Waals surface area contributed by atoms with Gasteiger partial charge >= 0.3 is 0 Å². The molecule has 0 aliphatic heterocycles. The van der Waals surface area contributed by atoms with Gasteiger partial charge in [0.1, 0.15) is 10.8 Å². The molecule has 0 saturated heterocycles. The summed E-state index contributed by atoms with van der Waals surface area (Å²) < 4.78 is 0. The number of nitrogen functional groups attached to an aromatic ring is 1. The van der Waals surface area contributed by atoms with Crippen molar-refractivity contribution in [3.8, 4) is 11.4 Å². The highest BCUT2D eigenvalue weighted by molar-refractivity contribution is 6.29. The van der Waals surface area contributed by atoms with Crippen molar-refractivity contribution in [2.45, 2.75) is 19.8 Å². The van der Waals surface area contributed by atoms with E-state index in [9.17, 15) is 0 Å². The van der Waals surface area contributed by atoms with Gasteiger partial charge in [-0.3, -0.25) is 9.97 Å². The molecule has 0 aromatic carbocycles. The van der Waals surface area contributed by atoms with E-state index < -0.39 is 0 Å². The monoisotopic (exact) mass is 248 g/mol. The number of nitrogens with zero attached hydrogens (tertiary/aromatic N) is 3. The first-order chi connectivity index (χ1) is 8.06. The lowest BCUT2D eigenvalue weighted by molar-refractivity contribution is 0.824. The van der Waals surface area contributed by atoms with Crippen molar-refractivity contribution in [2.24, 2.45) is 0 Å². The predicted octanol–water partition coefficient (Wildman–Crippen LogP) is 2.90. The fraction of sp³-hybridized carbons (Fsp3) is 0.250. The van der Waals surface area contributed by atoms with Gasteiger partial charge in [-0.25, -0.2) is 4.98 Å². The van der Waals surface area contributed by atoms with Crippen LogP contribution in [-0.4, -0.2) is 15.0 Å². The molecule has 0 unspecified atom stereocenters. The van der Waals surface area contributed by atoms with Gasteiger partial charge in [0.2, 0.25) is 0 Å². The molecule has 2 aromatic rings. The van der Waals surface area contributed by atoms with Crippen molar-refractivity contribution in [3.05, 3.63) is 35.4 Å². The molecule has 0 aliphatic rings. The van der Waals surface area contributed by atoms with Crippen molar-refractivity contribution in [2.75, 3.05) is 5.73 Å². The first-order valence-electron chi connectivity index (χ1n) is 5.31. The third-order valence-corrected chi connectivity index (χ3v) is 2.51. The Morgan fingerprint density at radius 2 is 1.88 bits per heavy atom. The molecule has 2 heterocycles. The molecule has 0 aliphatic carbocycles. The molecule has 0 bridgehead atoms. The number of pyridine rings is 1. The summed E-state index contributed by atoms with van der Waals surface area (Å²) >= 11 is 5.80. The van der Waals surface area contributed by atoms with Crippen molar-refractivity contribution in [3.63, 3.8) is 0 Å². The average Bonchev–Trinajstić information content (AvgIpc) is 2.28. The molecule has 0 saturated carbocycles. The highest BCUT2D eigenvalue weighted by Crippen LogP contribution is 2.22. The van der Waals surface area contributed by atoms with E-state index in [0.717, 1.165) is 5.69 Å². The smallest absolute Gasteiger partial charge is 0.148 e. The molecule has 2 rings (SSSR count). The quantitative estimate of drug-likeness (QED) is 0.888.